The third kappa shape index (κ3) is 5.70. The number of ether oxygens (including phenoxy) is 1. The van der Waals surface area contributed by atoms with Gasteiger partial charge < -0.3 is 14.7 Å². The largest absolute Gasteiger partial charge is 0.494 e. The van der Waals surface area contributed by atoms with Crippen LogP contribution in [0.5, 0.6) is 5.75 Å². The zero-order valence-electron chi connectivity index (χ0n) is 13.2. The number of nitrogens with zero attached hydrogens (tertiary/aromatic N) is 1. The van der Waals surface area contributed by atoms with Crippen molar-refractivity contribution < 1.29 is 23.0 Å². The summed E-state index contributed by atoms with van der Waals surface area (Å²) < 4.78 is 43.3. The second-order valence-electron chi connectivity index (χ2n) is 5.93. The summed E-state index contributed by atoms with van der Waals surface area (Å²) >= 11 is 0. The van der Waals surface area contributed by atoms with E-state index >= 15 is 0 Å². The normalized spacial score (nSPS) is 19.7. The summed E-state index contributed by atoms with van der Waals surface area (Å²) in [6.45, 7) is 2.46. The Kier molecular flexibility index (Phi) is 6.72. The van der Waals surface area contributed by atoms with Crippen LogP contribution in [0.25, 0.3) is 0 Å². The molecule has 130 valence electrons. The molecule has 1 atom stereocenters. The summed E-state index contributed by atoms with van der Waals surface area (Å²) in [5.41, 5.74) is -0.686. The topological polar surface area (TPSA) is 32.7 Å². The van der Waals surface area contributed by atoms with E-state index in [0.717, 1.165) is 50.9 Å². The second kappa shape index (κ2) is 8.55. The molecule has 1 aliphatic rings. The van der Waals surface area contributed by atoms with Gasteiger partial charge in [0.2, 0.25) is 0 Å². The number of hydrogen-bond acceptors (Lipinski definition) is 3. The molecular weight excluding hydrogens is 307 g/mol. The standard InChI is InChI=1S/C17H24F3NO2/c18-17(19,20)14-5-3-7-16(13-14)23-12-4-10-21-9-2-1-6-15(21)8-11-22/h3,5,7,13,15,22H,1-2,4,6,8-12H2. The first-order chi connectivity index (χ1) is 11.0. The molecule has 0 aliphatic carbocycles. The van der Waals surface area contributed by atoms with Gasteiger partial charge in [-0.3, -0.25) is 0 Å². The lowest BCUT2D eigenvalue weighted by molar-refractivity contribution is -0.137. The lowest BCUT2D eigenvalue weighted by Crippen LogP contribution is -2.40. The summed E-state index contributed by atoms with van der Waals surface area (Å²) in [7, 11) is 0. The van der Waals surface area contributed by atoms with E-state index in [9.17, 15) is 13.2 Å². The van der Waals surface area contributed by atoms with E-state index in [0.29, 0.717) is 12.6 Å². The van der Waals surface area contributed by atoms with Crippen LogP contribution in [0.4, 0.5) is 13.2 Å². The van der Waals surface area contributed by atoms with Crippen molar-refractivity contribution in [3.8, 4) is 5.75 Å². The summed E-state index contributed by atoms with van der Waals surface area (Å²) in [5.74, 6) is 0.255. The molecule has 1 aromatic carbocycles. The fourth-order valence-electron chi connectivity index (χ4n) is 3.05. The van der Waals surface area contributed by atoms with E-state index in [4.69, 9.17) is 9.84 Å². The monoisotopic (exact) mass is 331 g/mol. The summed E-state index contributed by atoms with van der Waals surface area (Å²) in [4.78, 5) is 2.36. The van der Waals surface area contributed by atoms with E-state index in [2.05, 4.69) is 4.90 Å². The Morgan fingerprint density at radius 1 is 1.26 bits per heavy atom. The van der Waals surface area contributed by atoms with Gasteiger partial charge in [-0.05, 0) is 50.4 Å². The molecule has 1 heterocycles. The lowest BCUT2D eigenvalue weighted by Gasteiger charge is -2.35. The minimum atomic E-state index is -4.34. The Labute approximate surface area is 135 Å². The Morgan fingerprint density at radius 3 is 2.83 bits per heavy atom. The first-order valence-corrected chi connectivity index (χ1v) is 8.15. The quantitative estimate of drug-likeness (QED) is 0.773. The Balaban J connectivity index is 1.76. The number of benzene rings is 1. The number of hydrogen-bond donors (Lipinski definition) is 1. The molecular formula is C17H24F3NO2. The fraction of sp³-hybridized carbons (Fsp3) is 0.647. The molecule has 2 rings (SSSR count). The average molecular weight is 331 g/mol. The highest BCUT2D eigenvalue weighted by Crippen LogP contribution is 2.31. The predicted octanol–water partition coefficient (Wildman–Crippen LogP) is 3.71. The second-order valence-corrected chi connectivity index (χ2v) is 5.93. The molecule has 1 unspecified atom stereocenters. The van der Waals surface area contributed by atoms with E-state index in [1.54, 1.807) is 6.07 Å². The van der Waals surface area contributed by atoms with Crippen molar-refractivity contribution >= 4 is 0 Å². The van der Waals surface area contributed by atoms with Crippen LogP contribution in [-0.4, -0.2) is 42.4 Å². The molecule has 3 nitrogen and oxygen atoms in total. The first kappa shape index (κ1) is 18.1. The SMILES string of the molecule is OCCC1CCCCN1CCCOc1cccc(C(F)(F)F)c1. The van der Waals surface area contributed by atoms with Crippen LogP contribution in [0.15, 0.2) is 24.3 Å². The van der Waals surface area contributed by atoms with Gasteiger partial charge in [-0.1, -0.05) is 12.5 Å². The number of aliphatic hydroxyl groups excluding tert-OH is 1. The van der Waals surface area contributed by atoms with Gasteiger partial charge in [-0.2, -0.15) is 13.2 Å². The highest BCUT2D eigenvalue weighted by Gasteiger charge is 2.30. The van der Waals surface area contributed by atoms with Crippen LogP contribution >= 0.6 is 0 Å². The third-order valence-corrected chi connectivity index (χ3v) is 4.23. The smallest absolute Gasteiger partial charge is 0.416 e. The van der Waals surface area contributed by atoms with Crippen LogP contribution < -0.4 is 4.74 Å². The van der Waals surface area contributed by atoms with Gasteiger partial charge >= 0.3 is 6.18 Å². The van der Waals surface area contributed by atoms with Crippen LogP contribution in [0.1, 0.15) is 37.7 Å². The van der Waals surface area contributed by atoms with Crippen molar-refractivity contribution in [2.75, 3.05) is 26.3 Å². The number of rotatable bonds is 7. The molecule has 0 bridgehead atoms. The molecule has 23 heavy (non-hydrogen) atoms. The van der Waals surface area contributed by atoms with Gasteiger partial charge in [0.15, 0.2) is 0 Å². The van der Waals surface area contributed by atoms with Crippen LogP contribution in [0.3, 0.4) is 0 Å². The van der Waals surface area contributed by atoms with Gasteiger partial charge in [0.1, 0.15) is 5.75 Å². The fourth-order valence-corrected chi connectivity index (χ4v) is 3.05. The van der Waals surface area contributed by atoms with Crippen molar-refractivity contribution in [2.24, 2.45) is 0 Å². The van der Waals surface area contributed by atoms with Gasteiger partial charge in [-0.25, -0.2) is 0 Å². The van der Waals surface area contributed by atoms with Gasteiger partial charge in [0, 0.05) is 19.2 Å². The van der Waals surface area contributed by atoms with Crippen LogP contribution in [0.2, 0.25) is 0 Å². The van der Waals surface area contributed by atoms with Gasteiger partial charge in [0.05, 0.1) is 12.2 Å². The van der Waals surface area contributed by atoms with E-state index in [1.165, 1.54) is 12.5 Å². The molecule has 1 saturated heterocycles. The predicted molar refractivity (Wildman–Crippen MR) is 82.5 cm³/mol. The van der Waals surface area contributed by atoms with Crippen LogP contribution in [-0.2, 0) is 6.18 Å². The van der Waals surface area contributed by atoms with Crippen molar-refractivity contribution in [1.82, 2.24) is 4.90 Å². The van der Waals surface area contributed by atoms with Crippen LogP contribution in [0, 0.1) is 0 Å². The lowest BCUT2D eigenvalue weighted by atomic mass is 9.99. The molecule has 0 aromatic heterocycles. The highest BCUT2D eigenvalue weighted by molar-refractivity contribution is 5.30. The first-order valence-electron chi connectivity index (χ1n) is 8.15. The van der Waals surface area contributed by atoms with Crippen molar-refractivity contribution in [1.29, 1.82) is 0 Å². The zero-order chi connectivity index (χ0) is 16.7. The summed E-state index contributed by atoms with van der Waals surface area (Å²) in [6, 6.07) is 5.41. The van der Waals surface area contributed by atoms with Gasteiger partial charge in [0.25, 0.3) is 0 Å². The number of alkyl halides is 3. The Morgan fingerprint density at radius 2 is 2.09 bits per heavy atom. The third-order valence-electron chi connectivity index (χ3n) is 4.23. The minimum absolute atomic E-state index is 0.196. The maximum absolute atomic E-state index is 12.6. The van der Waals surface area contributed by atoms with Gasteiger partial charge in [-0.15, -0.1) is 0 Å². The molecule has 1 N–H and O–H groups in total. The maximum Gasteiger partial charge on any atom is 0.416 e. The molecule has 0 saturated carbocycles. The summed E-state index contributed by atoms with van der Waals surface area (Å²) in [6.07, 6.45) is 0.671. The average Bonchev–Trinajstić information content (AvgIpc) is 2.53. The van der Waals surface area contributed by atoms with Crippen molar-refractivity contribution in [3.63, 3.8) is 0 Å². The highest BCUT2D eigenvalue weighted by atomic mass is 19.4. The molecule has 1 aliphatic heterocycles. The van der Waals surface area contributed by atoms with Crippen molar-refractivity contribution in [3.05, 3.63) is 29.8 Å². The summed E-state index contributed by atoms with van der Waals surface area (Å²) in [5, 5.41) is 9.10. The molecule has 0 spiro atoms. The van der Waals surface area contributed by atoms with E-state index in [-0.39, 0.29) is 12.4 Å². The van der Waals surface area contributed by atoms with Crippen molar-refractivity contribution in [2.45, 2.75) is 44.3 Å². The number of aliphatic hydroxyl groups is 1. The molecule has 1 fully saturated rings. The molecule has 6 heteroatoms. The number of halogens is 3. The Bertz CT molecular complexity index is 477. The number of likely N-dealkylation sites (tertiary alicyclic amines) is 1. The molecule has 0 radical (unpaired) electrons. The zero-order valence-corrected chi connectivity index (χ0v) is 13.2. The minimum Gasteiger partial charge on any atom is -0.494 e. The van der Waals surface area contributed by atoms with E-state index in [1.807, 2.05) is 0 Å². The molecule has 0 amide bonds. The van der Waals surface area contributed by atoms with E-state index < -0.39 is 11.7 Å². The number of piperidine rings is 1. The Hall–Kier alpha value is -1.27. The molecule has 1 aromatic rings. The maximum atomic E-state index is 12.6.